The van der Waals surface area contributed by atoms with Crippen molar-refractivity contribution >= 4 is 0 Å². The molecular weight excluding hydrogens is 252 g/mol. The summed E-state index contributed by atoms with van der Waals surface area (Å²) in [4.78, 5) is 0. The maximum Gasteiger partial charge on any atom is -0.00291 e. The summed E-state index contributed by atoms with van der Waals surface area (Å²) >= 11 is 0. The van der Waals surface area contributed by atoms with E-state index in [1.807, 2.05) is 5.57 Å². The highest BCUT2D eigenvalue weighted by Gasteiger charge is 2.58. The van der Waals surface area contributed by atoms with Gasteiger partial charge in [-0.2, -0.15) is 0 Å². The number of rotatable bonds is 3. The quantitative estimate of drug-likeness (QED) is 0.500. The van der Waals surface area contributed by atoms with Crippen molar-refractivity contribution < 1.29 is 0 Å². The van der Waals surface area contributed by atoms with Crippen molar-refractivity contribution in [2.45, 2.75) is 103 Å². The molecule has 0 amide bonds. The van der Waals surface area contributed by atoms with Crippen LogP contribution in [-0.4, -0.2) is 0 Å². The Labute approximate surface area is 131 Å². The molecule has 0 N–H and O–H groups in total. The first-order valence-electron chi connectivity index (χ1n) is 10.1. The number of hydrogen-bond acceptors (Lipinski definition) is 0. The van der Waals surface area contributed by atoms with Crippen molar-refractivity contribution in [2.75, 3.05) is 0 Å². The van der Waals surface area contributed by atoms with Gasteiger partial charge in [0.15, 0.2) is 0 Å². The summed E-state index contributed by atoms with van der Waals surface area (Å²) in [6.45, 7) is 0. The van der Waals surface area contributed by atoms with Crippen molar-refractivity contribution in [3.8, 4) is 0 Å². The lowest BCUT2D eigenvalue weighted by Gasteiger charge is -2.59. The monoisotopic (exact) mass is 286 g/mol. The van der Waals surface area contributed by atoms with Crippen molar-refractivity contribution in [1.82, 2.24) is 0 Å². The van der Waals surface area contributed by atoms with Crippen LogP contribution in [0.15, 0.2) is 11.6 Å². The lowest BCUT2D eigenvalue weighted by Crippen LogP contribution is -2.50. The number of allylic oxidation sites excluding steroid dienone is 2. The maximum atomic E-state index is 2.73. The van der Waals surface area contributed by atoms with E-state index in [-0.39, 0.29) is 0 Å². The third kappa shape index (κ3) is 2.15. The summed E-state index contributed by atoms with van der Waals surface area (Å²) < 4.78 is 0. The van der Waals surface area contributed by atoms with Crippen LogP contribution in [-0.2, 0) is 0 Å². The van der Waals surface area contributed by atoms with Crippen LogP contribution in [0.4, 0.5) is 0 Å². The van der Waals surface area contributed by atoms with Crippen molar-refractivity contribution in [2.24, 2.45) is 16.7 Å². The fourth-order valence-corrected chi connectivity index (χ4v) is 6.81. The Morgan fingerprint density at radius 1 is 0.714 bits per heavy atom. The number of hydrogen-bond donors (Lipinski definition) is 0. The summed E-state index contributed by atoms with van der Waals surface area (Å²) in [5.74, 6) is 1.10. The first-order chi connectivity index (χ1) is 10.4. The third-order valence-corrected chi connectivity index (χ3v) is 7.95. The van der Waals surface area contributed by atoms with E-state index in [4.69, 9.17) is 0 Å². The summed E-state index contributed by atoms with van der Waals surface area (Å²) in [7, 11) is 0. The highest BCUT2D eigenvalue weighted by Crippen LogP contribution is 2.68. The Morgan fingerprint density at radius 2 is 1.43 bits per heavy atom. The highest BCUT2D eigenvalue weighted by atomic mass is 14.6. The smallest absolute Gasteiger partial charge is 0.00291 e. The van der Waals surface area contributed by atoms with Crippen LogP contribution in [0.1, 0.15) is 103 Å². The summed E-state index contributed by atoms with van der Waals surface area (Å²) in [5.41, 5.74) is 3.37. The molecule has 4 aliphatic rings. The fourth-order valence-electron chi connectivity index (χ4n) is 6.81. The molecule has 0 aliphatic heterocycles. The van der Waals surface area contributed by atoms with E-state index < -0.39 is 0 Å². The van der Waals surface area contributed by atoms with Gasteiger partial charge < -0.3 is 0 Å². The zero-order valence-corrected chi connectivity index (χ0v) is 14.0. The van der Waals surface area contributed by atoms with Crippen LogP contribution < -0.4 is 0 Å². The molecule has 4 rings (SSSR count). The van der Waals surface area contributed by atoms with Crippen molar-refractivity contribution in [3.63, 3.8) is 0 Å². The van der Waals surface area contributed by atoms with E-state index in [1.54, 1.807) is 38.5 Å². The topological polar surface area (TPSA) is 0 Å². The van der Waals surface area contributed by atoms with E-state index in [9.17, 15) is 0 Å². The predicted octanol–water partition coefficient (Wildman–Crippen LogP) is 6.80. The molecule has 0 heterocycles. The molecule has 0 unspecified atom stereocenters. The van der Waals surface area contributed by atoms with Crippen LogP contribution in [0.5, 0.6) is 0 Å². The fraction of sp³-hybridized carbons (Fsp3) is 0.905. The Morgan fingerprint density at radius 3 is 2.00 bits per heavy atom. The van der Waals surface area contributed by atoms with Gasteiger partial charge in [-0.25, -0.2) is 0 Å². The molecule has 3 saturated carbocycles. The first kappa shape index (κ1) is 14.3. The molecule has 0 heteroatoms. The van der Waals surface area contributed by atoms with Gasteiger partial charge in [-0.05, 0) is 81.0 Å². The second kappa shape index (κ2) is 5.74. The lowest BCUT2D eigenvalue weighted by molar-refractivity contribution is -0.0536. The van der Waals surface area contributed by atoms with E-state index >= 15 is 0 Å². The van der Waals surface area contributed by atoms with E-state index in [0.717, 1.165) is 11.3 Å². The molecule has 0 aromatic heterocycles. The van der Waals surface area contributed by atoms with Gasteiger partial charge in [0, 0.05) is 0 Å². The van der Waals surface area contributed by atoms with Crippen LogP contribution in [0.2, 0.25) is 0 Å². The molecule has 4 aliphatic carbocycles. The first-order valence-corrected chi connectivity index (χ1v) is 10.1. The Hall–Kier alpha value is -0.260. The Bertz CT molecular complexity index is 386. The molecule has 0 saturated heterocycles. The predicted molar refractivity (Wildman–Crippen MR) is 90.3 cm³/mol. The molecule has 0 radical (unpaired) electrons. The van der Waals surface area contributed by atoms with Gasteiger partial charge in [-0.3, -0.25) is 0 Å². The largest absolute Gasteiger partial charge is 0.0847 e. The van der Waals surface area contributed by atoms with E-state index in [2.05, 4.69) is 6.08 Å². The standard InChI is InChI=1S/C21H34/c1-3-10-18(11-4-1)20(14-5-2-6-15-20)21(16-7-8-17-21)19-12-9-13-19/h10,19H,1-9,11-17H2. The Balaban J connectivity index is 1.74. The normalized spacial score (nSPS) is 32.5. The minimum atomic E-state index is 0.660. The molecule has 0 nitrogen and oxygen atoms in total. The van der Waals surface area contributed by atoms with Crippen LogP contribution in [0, 0.1) is 16.7 Å². The molecule has 0 bridgehead atoms. The highest BCUT2D eigenvalue weighted by molar-refractivity contribution is 5.25. The third-order valence-electron chi connectivity index (χ3n) is 7.95. The van der Waals surface area contributed by atoms with Gasteiger partial charge in [0.1, 0.15) is 0 Å². The average molecular weight is 287 g/mol. The van der Waals surface area contributed by atoms with Crippen molar-refractivity contribution in [1.29, 1.82) is 0 Å². The lowest BCUT2D eigenvalue weighted by atomic mass is 9.45. The maximum absolute atomic E-state index is 2.73. The molecule has 21 heavy (non-hydrogen) atoms. The van der Waals surface area contributed by atoms with Gasteiger partial charge >= 0.3 is 0 Å². The summed E-state index contributed by atoms with van der Waals surface area (Å²) in [6, 6.07) is 0. The van der Waals surface area contributed by atoms with Crippen LogP contribution >= 0.6 is 0 Å². The van der Waals surface area contributed by atoms with Crippen molar-refractivity contribution in [3.05, 3.63) is 11.6 Å². The van der Waals surface area contributed by atoms with Gasteiger partial charge in [-0.15, -0.1) is 0 Å². The molecule has 0 spiro atoms. The minimum Gasteiger partial charge on any atom is -0.0847 e. The minimum absolute atomic E-state index is 0.660. The van der Waals surface area contributed by atoms with Gasteiger partial charge in [0.05, 0.1) is 0 Å². The van der Waals surface area contributed by atoms with Gasteiger partial charge in [-0.1, -0.05) is 50.2 Å². The SMILES string of the molecule is C1=C(C2(C3(C4CCC4)CCCC3)CCCCC2)CCCC1. The van der Waals surface area contributed by atoms with Crippen LogP contribution in [0.25, 0.3) is 0 Å². The molecule has 0 aromatic carbocycles. The van der Waals surface area contributed by atoms with E-state index in [1.165, 1.54) is 64.2 Å². The summed E-state index contributed by atoms with van der Waals surface area (Å²) in [5, 5.41) is 0. The van der Waals surface area contributed by atoms with Gasteiger partial charge in [0.25, 0.3) is 0 Å². The van der Waals surface area contributed by atoms with E-state index in [0.29, 0.717) is 5.41 Å². The second-order valence-corrected chi connectivity index (χ2v) is 8.61. The average Bonchev–Trinajstić information content (AvgIpc) is 2.98. The molecular formula is C21H34. The zero-order valence-electron chi connectivity index (χ0n) is 14.0. The summed E-state index contributed by atoms with van der Waals surface area (Å²) in [6.07, 6.45) is 27.0. The molecule has 118 valence electrons. The molecule has 0 aromatic rings. The Kier molecular flexibility index (Phi) is 3.92. The second-order valence-electron chi connectivity index (χ2n) is 8.61. The van der Waals surface area contributed by atoms with Crippen LogP contribution in [0.3, 0.4) is 0 Å². The zero-order chi connectivity index (χ0) is 14.2. The molecule has 3 fully saturated rings. The molecule has 0 atom stereocenters. The van der Waals surface area contributed by atoms with Gasteiger partial charge in [0.2, 0.25) is 0 Å².